The van der Waals surface area contributed by atoms with Gasteiger partial charge in [-0.25, -0.2) is 5.10 Å². The van der Waals surface area contributed by atoms with E-state index in [0.717, 1.165) is 5.56 Å². The SMILES string of the molecule is O=c1[nH]nc(-c2ccc(Cl)c(Cl)c2)cc1COc1ccc(Cl)c(Cl)c1. The number of benzene rings is 2. The van der Waals surface area contributed by atoms with Gasteiger partial charge in [0.1, 0.15) is 12.4 Å². The first-order valence-electron chi connectivity index (χ1n) is 7.06. The molecule has 3 rings (SSSR count). The van der Waals surface area contributed by atoms with Crippen molar-refractivity contribution < 1.29 is 4.74 Å². The highest BCUT2D eigenvalue weighted by molar-refractivity contribution is 6.42. The van der Waals surface area contributed by atoms with Crippen molar-refractivity contribution in [2.75, 3.05) is 0 Å². The van der Waals surface area contributed by atoms with Crippen LogP contribution in [-0.2, 0) is 6.61 Å². The van der Waals surface area contributed by atoms with E-state index in [1.54, 1.807) is 42.5 Å². The Kier molecular flexibility index (Phi) is 5.54. The van der Waals surface area contributed by atoms with E-state index in [4.69, 9.17) is 51.1 Å². The van der Waals surface area contributed by atoms with Gasteiger partial charge in [0.25, 0.3) is 5.56 Å². The average molecular weight is 416 g/mol. The molecule has 8 heteroatoms. The molecule has 0 saturated carbocycles. The molecule has 3 aromatic rings. The van der Waals surface area contributed by atoms with Crippen LogP contribution < -0.4 is 10.3 Å². The van der Waals surface area contributed by atoms with Crippen LogP contribution >= 0.6 is 46.4 Å². The van der Waals surface area contributed by atoms with Gasteiger partial charge in [-0.05, 0) is 30.3 Å². The summed E-state index contributed by atoms with van der Waals surface area (Å²) in [5, 5.41) is 8.13. The molecule has 128 valence electrons. The lowest BCUT2D eigenvalue weighted by Crippen LogP contribution is -2.16. The van der Waals surface area contributed by atoms with Gasteiger partial charge < -0.3 is 4.74 Å². The van der Waals surface area contributed by atoms with Crippen LogP contribution in [0.15, 0.2) is 47.3 Å². The number of hydrogen-bond donors (Lipinski definition) is 1. The molecule has 0 fully saturated rings. The fourth-order valence-corrected chi connectivity index (χ4v) is 2.67. The second-order valence-corrected chi connectivity index (χ2v) is 6.73. The maximum Gasteiger partial charge on any atom is 0.270 e. The average Bonchev–Trinajstić information content (AvgIpc) is 2.59. The molecular formula is C17H10Cl4N2O2. The van der Waals surface area contributed by atoms with Gasteiger partial charge in [0.05, 0.1) is 31.3 Å². The Balaban J connectivity index is 1.85. The first-order valence-corrected chi connectivity index (χ1v) is 8.57. The fourth-order valence-electron chi connectivity index (χ4n) is 2.08. The summed E-state index contributed by atoms with van der Waals surface area (Å²) in [7, 11) is 0. The number of hydrogen-bond acceptors (Lipinski definition) is 3. The van der Waals surface area contributed by atoms with Crippen LogP contribution in [0.3, 0.4) is 0 Å². The number of ether oxygens (including phenoxy) is 1. The zero-order valence-electron chi connectivity index (χ0n) is 12.5. The van der Waals surface area contributed by atoms with Gasteiger partial charge in [-0.2, -0.15) is 5.10 Å². The lowest BCUT2D eigenvalue weighted by Gasteiger charge is -2.08. The molecule has 25 heavy (non-hydrogen) atoms. The first-order chi connectivity index (χ1) is 11.9. The summed E-state index contributed by atoms with van der Waals surface area (Å²) in [6, 6.07) is 11.6. The van der Waals surface area contributed by atoms with Crippen LogP contribution in [0.25, 0.3) is 11.3 Å². The molecule has 0 amide bonds. The lowest BCUT2D eigenvalue weighted by molar-refractivity contribution is 0.304. The number of aromatic amines is 1. The third-order valence-electron chi connectivity index (χ3n) is 3.38. The number of nitrogens with one attached hydrogen (secondary N) is 1. The van der Waals surface area contributed by atoms with Gasteiger partial charge in [0.2, 0.25) is 0 Å². The Hall–Kier alpha value is -1.72. The summed E-state index contributed by atoms with van der Waals surface area (Å²) in [5.41, 5.74) is 1.33. The standard InChI is InChI=1S/C17H10Cl4N2O2/c18-12-3-1-9(5-14(12)20)16-6-10(17(24)23-22-16)8-25-11-2-4-13(19)15(21)7-11/h1-7H,8H2,(H,23,24). The van der Waals surface area contributed by atoms with Gasteiger partial charge in [-0.3, -0.25) is 4.79 Å². The van der Waals surface area contributed by atoms with Gasteiger partial charge >= 0.3 is 0 Å². The zero-order valence-corrected chi connectivity index (χ0v) is 15.5. The maximum absolute atomic E-state index is 12.0. The highest BCUT2D eigenvalue weighted by atomic mass is 35.5. The van der Waals surface area contributed by atoms with E-state index in [9.17, 15) is 4.79 Å². The second-order valence-electron chi connectivity index (χ2n) is 5.10. The molecule has 0 saturated heterocycles. The maximum atomic E-state index is 12.0. The molecule has 0 bridgehead atoms. The molecule has 0 atom stereocenters. The van der Waals surface area contributed by atoms with Crippen molar-refractivity contribution in [2.24, 2.45) is 0 Å². The van der Waals surface area contributed by atoms with E-state index >= 15 is 0 Å². The predicted molar refractivity (Wildman–Crippen MR) is 101 cm³/mol. The summed E-state index contributed by atoms with van der Waals surface area (Å²) < 4.78 is 5.60. The summed E-state index contributed by atoms with van der Waals surface area (Å²) in [5.74, 6) is 0.502. The van der Waals surface area contributed by atoms with Gasteiger partial charge in [-0.1, -0.05) is 52.5 Å². The Morgan fingerprint density at radius 3 is 2.24 bits per heavy atom. The van der Waals surface area contributed by atoms with Crippen LogP contribution in [0.5, 0.6) is 5.75 Å². The fraction of sp³-hybridized carbons (Fsp3) is 0.0588. The lowest BCUT2D eigenvalue weighted by atomic mass is 10.1. The van der Waals surface area contributed by atoms with Crippen molar-refractivity contribution in [3.63, 3.8) is 0 Å². The molecule has 0 aliphatic rings. The molecule has 2 aromatic carbocycles. The number of halogens is 4. The van der Waals surface area contributed by atoms with Crippen LogP contribution in [-0.4, -0.2) is 10.2 Å². The molecule has 1 heterocycles. The van der Waals surface area contributed by atoms with Crippen LogP contribution in [0.2, 0.25) is 20.1 Å². The number of rotatable bonds is 4. The Morgan fingerprint density at radius 1 is 0.880 bits per heavy atom. The number of nitrogens with zero attached hydrogens (tertiary/aromatic N) is 1. The summed E-state index contributed by atoms with van der Waals surface area (Å²) in [6.07, 6.45) is 0. The zero-order chi connectivity index (χ0) is 18.0. The first kappa shape index (κ1) is 18.1. The van der Waals surface area contributed by atoms with Crippen molar-refractivity contribution in [1.82, 2.24) is 10.2 Å². The van der Waals surface area contributed by atoms with Crippen molar-refractivity contribution in [3.8, 4) is 17.0 Å². The van der Waals surface area contributed by atoms with E-state index in [0.29, 0.717) is 37.1 Å². The third-order valence-corrected chi connectivity index (χ3v) is 4.86. The van der Waals surface area contributed by atoms with Crippen LogP contribution in [0.4, 0.5) is 0 Å². The van der Waals surface area contributed by atoms with Crippen molar-refractivity contribution in [1.29, 1.82) is 0 Å². The summed E-state index contributed by atoms with van der Waals surface area (Å²) in [6.45, 7) is 0.0458. The molecule has 0 aliphatic heterocycles. The monoisotopic (exact) mass is 414 g/mol. The predicted octanol–water partition coefficient (Wildman–Crippen LogP) is 5.63. The molecule has 4 nitrogen and oxygen atoms in total. The Labute approximate surface area is 163 Å². The summed E-state index contributed by atoms with van der Waals surface area (Å²) >= 11 is 23.8. The Morgan fingerprint density at radius 2 is 1.56 bits per heavy atom. The molecular weight excluding hydrogens is 406 g/mol. The summed E-state index contributed by atoms with van der Waals surface area (Å²) in [4.78, 5) is 12.0. The Bertz CT molecular complexity index is 989. The molecule has 0 spiro atoms. The minimum Gasteiger partial charge on any atom is -0.489 e. The highest BCUT2D eigenvalue weighted by Crippen LogP contribution is 2.28. The quantitative estimate of drug-likeness (QED) is 0.600. The molecule has 0 aliphatic carbocycles. The molecule has 0 radical (unpaired) electrons. The van der Waals surface area contributed by atoms with Gasteiger partial charge in [0, 0.05) is 11.6 Å². The van der Waals surface area contributed by atoms with Crippen LogP contribution in [0.1, 0.15) is 5.56 Å². The minimum absolute atomic E-state index is 0.0458. The molecule has 1 N–H and O–H groups in total. The van der Waals surface area contributed by atoms with E-state index < -0.39 is 0 Å². The minimum atomic E-state index is -0.344. The molecule has 1 aromatic heterocycles. The third kappa shape index (κ3) is 4.28. The van der Waals surface area contributed by atoms with Gasteiger partial charge in [0.15, 0.2) is 0 Å². The highest BCUT2D eigenvalue weighted by Gasteiger charge is 2.09. The van der Waals surface area contributed by atoms with Crippen LogP contribution in [0, 0.1) is 0 Å². The van der Waals surface area contributed by atoms with E-state index in [1.165, 1.54) is 0 Å². The molecule has 0 unspecified atom stereocenters. The number of H-pyrrole nitrogens is 1. The second kappa shape index (κ2) is 7.67. The van der Waals surface area contributed by atoms with Crippen molar-refractivity contribution in [2.45, 2.75) is 6.61 Å². The largest absolute Gasteiger partial charge is 0.489 e. The van der Waals surface area contributed by atoms with E-state index in [2.05, 4.69) is 10.2 Å². The van der Waals surface area contributed by atoms with Crippen molar-refractivity contribution >= 4 is 46.4 Å². The topological polar surface area (TPSA) is 55.0 Å². The van der Waals surface area contributed by atoms with E-state index in [-0.39, 0.29) is 12.2 Å². The van der Waals surface area contributed by atoms with Gasteiger partial charge in [-0.15, -0.1) is 0 Å². The normalized spacial score (nSPS) is 10.7. The van der Waals surface area contributed by atoms with Crippen molar-refractivity contribution in [3.05, 3.63) is 78.5 Å². The van der Waals surface area contributed by atoms with E-state index in [1.807, 2.05) is 0 Å². The number of aromatic nitrogens is 2. The smallest absolute Gasteiger partial charge is 0.270 e.